The maximum Gasteiger partial charge on any atom is 0.117 e. The van der Waals surface area contributed by atoms with Crippen molar-refractivity contribution >= 4 is 0 Å². The van der Waals surface area contributed by atoms with Crippen molar-refractivity contribution in [3.8, 4) is 0 Å². The molecule has 0 spiro atoms. The van der Waals surface area contributed by atoms with E-state index in [1.54, 1.807) is 6.26 Å². The van der Waals surface area contributed by atoms with Crippen LogP contribution in [0.1, 0.15) is 56.8 Å². The minimum absolute atomic E-state index is 0.0416. The van der Waals surface area contributed by atoms with E-state index in [1.165, 1.54) is 11.3 Å². The van der Waals surface area contributed by atoms with Crippen LogP contribution in [-0.2, 0) is 18.6 Å². The van der Waals surface area contributed by atoms with Gasteiger partial charge in [-0.25, -0.2) is 0 Å². The molecule has 2 aromatic heterocycles. The highest BCUT2D eigenvalue weighted by Gasteiger charge is 2.24. The van der Waals surface area contributed by atoms with Crippen molar-refractivity contribution in [1.29, 1.82) is 0 Å². The maximum atomic E-state index is 9.78. The van der Waals surface area contributed by atoms with Crippen LogP contribution in [0.4, 0.5) is 0 Å². The average molecular weight is 333 g/mol. The standard InChI is InChI=1S/C19H31N3O2/c1-7-16(13-23)21(11-17-9-8-10-24-17)12-18-14(2)20-22(15(18)3)19(4,5)6/h8-10,16,23H,7,11-13H2,1-6H3/t16-/m0/s1. The summed E-state index contributed by atoms with van der Waals surface area (Å²) >= 11 is 0. The van der Waals surface area contributed by atoms with Gasteiger partial charge < -0.3 is 9.52 Å². The summed E-state index contributed by atoms with van der Waals surface area (Å²) in [7, 11) is 0. The molecule has 1 atom stereocenters. The molecule has 24 heavy (non-hydrogen) atoms. The molecule has 0 saturated carbocycles. The van der Waals surface area contributed by atoms with Gasteiger partial charge in [-0.05, 0) is 53.2 Å². The number of hydrogen-bond acceptors (Lipinski definition) is 4. The predicted molar refractivity (Wildman–Crippen MR) is 95.8 cm³/mol. The van der Waals surface area contributed by atoms with E-state index >= 15 is 0 Å². The minimum atomic E-state index is -0.0416. The van der Waals surface area contributed by atoms with Gasteiger partial charge in [0.05, 0.1) is 30.6 Å². The fraction of sp³-hybridized carbons (Fsp3) is 0.632. The van der Waals surface area contributed by atoms with Crippen LogP contribution in [-0.4, -0.2) is 32.4 Å². The number of rotatable bonds is 7. The number of nitrogens with zero attached hydrogens (tertiary/aromatic N) is 3. The molecule has 0 aliphatic carbocycles. The van der Waals surface area contributed by atoms with E-state index in [2.05, 4.69) is 51.1 Å². The van der Waals surface area contributed by atoms with Crippen LogP contribution in [0, 0.1) is 13.8 Å². The molecular formula is C19H31N3O2. The number of aliphatic hydroxyl groups is 1. The van der Waals surface area contributed by atoms with Gasteiger partial charge in [-0.15, -0.1) is 0 Å². The molecule has 0 aromatic carbocycles. The first-order chi connectivity index (χ1) is 11.3. The number of hydrogen-bond donors (Lipinski definition) is 1. The lowest BCUT2D eigenvalue weighted by molar-refractivity contribution is 0.0994. The quantitative estimate of drug-likeness (QED) is 0.841. The highest BCUT2D eigenvalue weighted by atomic mass is 16.3. The molecule has 0 aliphatic heterocycles. The maximum absolute atomic E-state index is 9.78. The van der Waals surface area contributed by atoms with E-state index in [-0.39, 0.29) is 18.2 Å². The van der Waals surface area contributed by atoms with E-state index in [9.17, 15) is 5.11 Å². The summed E-state index contributed by atoms with van der Waals surface area (Å²) in [6, 6.07) is 3.99. The Kier molecular flexibility index (Phi) is 5.88. The second-order valence-electron chi connectivity index (χ2n) is 7.46. The summed E-state index contributed by atoms with van der Waals surface area (Å²) in [4.78, 5) is 2.28. The monoisotopic (exact) mass is 333 g/mol. The molecule has 0 amide bonds. The summed E-state index contributed by atoms with van der Waals surface area (Å²) in [5, 5.41) is 14.5. The van der Waals surface area contributed by atoms with Crippen molar-refractivity contribution in [3.05, 3.63) is 41.1 Å². The van der Waals surface area contributed by atoms with Crippen LogP contribution in [0.2, 0.25) is 0 Å². The van der Waals surface area contributed by atoms with E-state index in [1.807, 2.05) is 12.1 Å². The molecule has 1 N–H and O–H groups in total. The Labute approximate surface area is 145 Å². The van der Waals surface area contributed by atoms with Crippen LogP contribution < -0.4 is 0 Å². The fourth-order valence-corrected chi connectivity index (χ4v) is 3.18. The highest BCUT2D eigenvalue weighted by Crippen LogP contribution is 2.24. The third-order valence-electron chi connectivity index (χ3n) is 4.58. The predicted octanol–water partition coefficient (Wildman–Crippen LogP) is 3.62. The lowest BCUT2D eigenvalue weighted by atomic mass is 10.1. The van der Waals surface area contributed by atoms with Crippen molar-refractivity contribution < 1.29 is 9.52 Å². The third-order valence-corrected chi connectivity index (χ3v) is 4.58. The normalized spacial score (nSPS) is 13.7. The van der Waals surface area contributed by atoms with Gasteiger partial charge in [0, 0.05) is 23.8 Å². The molecule has 0 aliphatic rings. The van der Waals surface area contributed by atoms with Gasteiger partial charge in [-0.1, -0.05) is 6.92 Å². The highest BCUT2D eigenvalue weighted by molar-refractivity contribution is 5.25. The lowest BCUT2D eigenvalue weighted by Gasteiger charge is -2.29. The van der Waals surface area contributed by atoms with Crippen molar-refractivity contribution in [2.24, 2.45) is 0 Å². The van der Waals surface area contributed by atoms with Gasteiger partial charge in [0.25, 0.3) is 0 Å². The smallest absolute Gasteiger partial charge is 0.117 e. The fourth-order valence-electron chi connectivity index (χ4n) is 3.18. The number of aryl methyl sites for hydroxylation is 1. The second-order valence-corrected chi connectivity index (χ2v) is 7.46. The Hall–Kier alpha value is -1.59. The zero-order valence-electron chi connectivity index (χ0n) is 15.8. The lowest BCUT2D eigenvalue weighted by Crippen LogP contribution is -2.36. The molecule has 0 unspecified atom stereocenters. The largest absolute Gasteiger partial charge is 0.468 e. The second kappa shape index (κ2) is 7.53. The van der Waals surface area contributed by atoms with Crippen molar-refractivity contribution in [2.45, 2.75) is 72.6 Å². The molecule has 0 fully saturated rings. The summed E-state index contributed by atoms with van der Waals surface area (Å²) < 4.78 is 7.62. The molecule has 2 heterocycles. The van der Waals surface area contributed by atoms with Gasteiger partial charge in [-0.3, -0.25) is 9.58 Å². The molecule has 5 heteroatoms. The van der Waals surface area contributed by atoms with Crippen LogP contribution in [0.5, 0.6) is 0 Å². The van der Waals surface area contributed by atoms with Crippen LogP contribution in [0.3, 0.4) is 0 Å². The van der Waals surface area contributed by atoms with Crippen molar-refractivity contribution in [2.75, 3.05) is 6.61 Å². The molecular weight excluding hydrogens is 302 g/mol. The van der Waals surface area contributed by atoms with Crippen molar-refractivity contribution in [1.82, 2.24) is 14.7 Å². The summed E-state index contributed by atoms with van der Waals surface area (Å²) in [6.45, 7) is 14.4. The number of aliphatic hydroxyl groups excluding tert-OH is 1. The Morgan fingerprint density at radius 3 is 2.46 bits per heavy atom. The Morgan fingerprint density at radius 1 is 1.29 bits per heavy atom. The first kappa shape index (κ1) is 18.7. The molecule has 2 aromatic rings. The molecule has 0 bridgehead atoms. The van der Waals surface area contributed by atoms with Gasteiger partial charge in [0.15, 0.2) is 0 Å². The van der Waals surface area contributed by atoms with Crippen molar-refractivity contribution in [3.63, 3.8) is 0 Å². The summed E-state index contributed by atoms with van der Waals surface area (Å²) in [5.41, 5.74) is 3.44. The van der Waals surface area contributed by atoms with E-state index in [0.717, 1.165) is 24.4 Å². The zero-order chi connectivity index (χ0) is 17.9. The van der Waals surface area contributed by atoms with Crippen LogP contribution in [0.25, 0.3) is 0 Å². The van der Waals surface area contributed by atoms with Gasteiger partial charge in [0.2, 0.25) is 0 Å². The average Bonchev–Trinajstić information content (AvgIpc) is 3.11. The van der Waals surface area contributed by atoms with Gasteiger partial charge >= 0.3 is 0 Å². The van der Waals surface area contributed by atoms with Gasteiger partial charge in [-0.2, -0.15) is 5.10 Å². The van der Waals surface area contributed by atoms with Crippen LogP contribution in [0.15, 0.2) is 22.8 Å². The molecule has 0 radical (unpaired) electrons. The molecule has 134 valence electrons. The van der Waals surface area contributed by atoms with Crippen LogP contribution >= 0.6 is 0 Å². The van der Waals surface area contributed by atoms with E-state index in [0.29, 0.717) is 6.54 Å². The molecule has 2 rings (SSSR count). The number of aromatic nitrogens is 2. The number of furan rings is 1. The third kappa shape index (κ3) is 4.08. The minimum Gasteiger partial charge on any atom is -0.468 e. The summed E-state index contributed by atoms with van der Waals surface area (Å²) in [5.74, 6) is 0.917. The Balaban J connectivity index is 2.30. The Morgan fingerprint density at radius 2 is 2.00 bits per heavy atom. The molecule has 5 nitrogen and oxygen atoms in total. The van der Waals surface area contributed by atoms with E-state index < -0.39 is 0 Å². The van der Waals surface area contributed by atoms with Gasteiger partial charge in [0.1, 0.15) is 5.76 Å². The first-order valence-corrected chi connectivity index (χ1v) is 8.70. The first-order valence-electron chi connectivity index (χ1n) is 8.70. The summed E-state index contributed by atoms with van der Waals surface area (Å²) in [6.07, 6.45) is 2.59. The SMILES string of the molecule is CC[C@@H](CO)N(Cc1ccco1)Cc1c(C)nn(C(C)(C)C)c1C. The zero-order valence-corrected chi connectivity index (χ0v) is 15.8. The van der Waals surface area contributed by atoms with E-state index in [4.69, 9.17) is 9.52 Å². The topological polar surface area (TPSA) is 54.4 Å². The molecule has 0 saturated heterocycles. The Bertz CT molecular complexity index is 634.